The molecular formula is C23H28N4O3S2. The second kappa shape index (κ2) is 8.71. The molecule has 0 spiro atoms. The minimum atomic E-state index is -3.76. The maximum Gasteiger partial charge on any atom is 0.265 e. The van der Waals surface area contributed by atoms with Gasteiger partial charge in [0.15, 0.2) is 0 Å². The number of sulfonamides is 1. The van der Waals surface area contributed by atoms with Crippen molar-refractivity contribution in [1.82, 2.24) is 14.5 Å². The Bertz CT molecular complexity index is 1270. The number of nitrogens with one attached hydrogen (secondary N) is 1. The van der Waals surface area contributed by atoms with Crippen molar-refractivity contribution in [1.29, 1.82) is 0 Å². The second-order valence-electron chi connectivity index (χ2n) is 8.38. The number of hydrogen-bond donors (Lipinski definition) is 1. The SMILES string of the molecule is Cc1ccc(NS(=O)(=O)c2cc(-c3nc(C)c(C(=O)N4CCCCC4)s3)n(C)c2)c(C)c1. The first kappa shape index (κ1) is 22.5. The van der Waals surface area contributed by atoms with Gasteiger partial charge in [-0.15, -0.1) is 11.3 Å². The number of amides is 1. The molecule has 0 unspecified atom stereocenters. The number of rotatable bonds is 5. The number of carbonyl (C=O) groups is 1. The zero-order valence-electron chi connectivity index (χ0n) is 18.8. The molecule has 2 aromatic heterocycles. The predicted octanol–water partition coefficient (Wildman–Crippen LogP) is 4.50. The molecule has 0 atom stereocenters. The summed E-state index contributed by atoms with van der Waals surface area (Å²) in [4.78, 5) is 20.2. The topological polar surface area (TPSA) is 84.3 Å². The highest BCUT2D eigenvalue weighted by atomic mass is 32.2. The van der Waals surface area contributed by atoms with Crippen LogP contribution in [0.2, 0.25) is 0 Å². The summed E-state index contributed by atoms with van der Waals surface area (Å²) in [6.45, 7) is 7.24. The first-order chi connectivity index (χ1) is 15.2. The third-order valence-electron chi connectivity index (χ3n) is 5.77. The molecule has 9 heteroatoms. The average Bonchev–Trinajstić information content (AvgIpc) is 3.33. The molecule has 0 aliphatic carbocycles. The quantitative estimate of drug-likeness (QED) is 0.593. The lowest BCUT2D eigenvalue weighted by atomic mass is 10.1. The summed E-state index contributed by atoms with van der Waals surface area (Å²) in [5.41, 5.74) is 3.83. The maximum atomic E-state index is 13.0. The van der Waals surface area contributed by atoms with E-state index in [9.17, 15) is 13.2 Å². The lowest BCUT2D eigenvalue weighted by Gasteiger charge is -2.26. The van der Waals surface area contributed by atoms with E-state index in [1.165, 1.54) is 11.3 Å². The molecule has 1 aromatic carbocycles. The van der Waals surface area contributed by atoms with Crippen LogP contribution in [0.1, 0.15) is 45.8 Å². The van der Waals surface area contributed by atoms with Gasteiger partial charge in [0.1, 0.15) is 14.8 Å². The van der Waals surface area contributed by atoms with E-state index < -0.39 is 10.0 Å². The first-order valence-corrected chi connectivity index (χ1v) is 13.0. The van der Waals surface area contributed by atoms with Crippen molar-refractivity contribution in [2.45, 2.75) is 44.9 Å². The lowest BCUT2D eigenvalue weighted by Crippen LogP contribution is -2.35. The van der Waals surface area contributed by atoms with Gasteiger partial charge in [-0.05, 0) is 57.7 Å². The van der Waals surface area contributed by atoms with Gasteiger partial charge in [0.25, 0.3) is 15.9 Å². The fourth-order valence-electron chi connectivity index (χ4n) is 3.97. The second-order valence-corrected chi connectivity index (χ2v) is 11.1. The Morgan fingerprint density at radius 2 is 1.81 bits per heavy atom. The van der Waals surface area contributed by atoms with Gasteiger partial charge in [0.2, 0.25) is 0 Å². The molecule has 1 amide bonds. The summed E-state index contributed by atoms with van der Waals surface area (Å²) in [5, 5.41) is 0.637. The maximum absolute atomic E-state index is 13.0. The predicted molar refractivity (Wildman–Crippen MR) is 128 cm³/mol. The van der Waals surface area contributed by atoms with Crippen LogP contribution >= 0.6 is 11.3 Å². The van der Waals surface area contributed by atoms with E-state index in [-0.39, 0.29) is 10.8 Å². The number of benzene rings is 1. The molecule has 1 aliphatic heterocycles. The smallest absolute Gasteiger partial charge is 0.265 e. The highest BCUT2D eigenvalue weighted by Gasteiger charge is 2.25. The molecule has 0 radical (unpaired) electrons. The Balaban J connectivity index is 1.61. The number of anilines is 1. The van der Waals surface area contributed by atoms with E-state index >= 15 is 0 Å². The van der Waals surface area contributed by atoms with Gasteiger partial charge in [-0.3, -0.25) is 9.52 Å². The molecule has 7 nitrogen and oxygen atoms in total. The number of hydrogen-bond acceptors (Lipinski definition) is 5. The highest BCUT2D eigenvalue weighted by Crippen LogP contribution is 2.32. The summed E-state index contributed by atoms with van der Waals surface area (Å²) in [5.74, 6) is 0.0181. The van der Waals surface area contributed by atoms with Crippen molar-refractivity contribution >= 4 is 33.0 Å². The number of piperidine rings is 1. The molecule has 1 saturated heterocycles. The van der Waals surface area contributed by atoms with Gasteiger partial charge in [-0.1, -0.05) is 17.7 Å². The molecule has 4 rings (SSSR count). The van der Waals surface area contributed by atoms with Crippen LogP contribution in [0.4, 0.5) is 5.69 Å². The van der Waals surface area contributed by atoms with Gasteiger partial charge < -0.3 is 9.47 Å². The summed E-state index contributed by atoms with van der Waals surface area (Å²) in [6.07, 6.45) is 4.80. The number of aromatic nitrogens is 2. The van der Waals surface area contributed by atoms with Crippen LogP contribution < -0.4 is 4.72 Å². The van der Waals surface area contributed by atoms with Gasteiger partial charge in [-0.2, -0.15) is 0 Å². The Morgan fingerprint density at radius 1 is 1.09 bits per heavy atom. The molecule has 0 bridgehead atoms. The Labute approximate surface area is 193 Å². The van der Waals surface area contributed by atoms with Gasteiger partial charge in [0, 0.05) is 26.3 Å². The van der Waals surface area contributed by atoms with Crippen LogP contribution in [0.25, 0.3) is 10.7 Å². The van der Waals surface area contributed by atoms with Crippen molar-refractivity contribution in [3.8, 4) is 10.7 Å². The van der Waals surface area contributed by atoms with E-state index in [1.807, 2.05) is 37.8 Å². The fourth-order valence-corrected chi connectivity index (χ4v) is 6.26. The number of thiazole rings is 1. The number of aryl methyl sites for hydroxylation is 4. The third kappa shape index (κ3) is 4.45. The minimum Gasteiger partial charge on any atom is -0.347 e. The van der Waals surface area contributed by atoms with E-state index in [1.54, 1.807) is 29.9 Å². The van der Waals surface area contributed by atoms with Gasteiger partial charge >= 0.3 is 0 Å². The zero-order valence-corrected chi connectivity index (χ0v) is 20.4. The molecule has 32 heavy (non-hydrogen) atoms. The highest BCUT2D eigenvalue weighted by molar-refractivity contribution is 7.92. The monoisotopic (exact) mass is 472 g/mol. The summed E-state index contributed by atoms with van der Waals surface area (Å²) in [6, 6.07) is 7.20. The standard InChI is InChI=1S/C23H28N4O3S2/c1-15-8-9-19(16(2)12-15)25-32(29,30)18-13-20(26(4)14-18)22-24-17(3)21(31-22)23(28)27-10-6-5-7-11-27/h8-9,12-14,25H,5-7,10-11H2,1-4H3. The molecule has 3 heterocycles. The van der Waals surface area contributed by atoms with E-state index in [0.717, 1.165) is 43.5 Å². The molecule has 0 saturated carbocycles. The van der Waals surface area contributed by atoms with E-state index in [2.05, 4.69) is 9.71 Å². The largest absolute Gasteiger partial charge is 0.347 e. The zero-order chi connectivity index (χ0) is 23.0. The first-order valence-electron chi connectivity index (χ1n) is 10.7. The Hall–Kier alpha value is -2.65. The number of likely N-dealkylation sites (tertiary alicyclic amines) is 1. The Kier molecular flexibility index (Phi) is 6.13. The normalized spacial score (nSPS) is 14.6. The van der Waals surface area contributed by atoms with E-state index in [0.29, 0.717) is 27.0 Å². The molecule has 1 aliphatic rings. The molecule has 170 valence electrons. The average molecular weight is 473 g/mol. The van der Waals surface area contributed by atoms with Crippen molar-refractivity contribution in [2.24, 2.45) is 7.05 Å². The summed E-state index contributed by atoms with van der Waals surface area (Å²) in [7, 11) is -1.98. The van der Waals surface area contributed by atoms with Crippen LogP contribution in [-0.2, 0) is 17.1 Å². The van der Waals surface area contributed by atoms with Crippen LogP contribution in [0, 0.1) is 20.8 Å². The van der Waals surface area contributed by atoms with Crippen molar-refractivity contribution < 1.29 is 13.2 Å². The third-order valence-corrected chi connectivity index (χ3v) is 8.27. The molecule has 1 fully saturated rings. The molecular weight excluding hydrogens is 444 g/mol. The minimum absolute atomic E-state index is 0.0181. The van der Waals surface area contributed by atoms with Crippen molar-refractivity contribution in [3.63, 3.8) is 0 Å². The van der Waals surface area contributed by atoms with E-state index in [4.69, 9.17) is 0 Å². The number of carbonyl (C=O) groups excluding carboxylic acids is 1. The van der Waals surface area contributed by atoms with Crippen LogP contribution in [0.5, 0.6) is 0 Å². The van der Waals surface area contributed by atoms with Crippen molar-refractivity contribution in [2.75, 3.05) is 17.8 Å². The van der Waals surface area contributed by atoms with Crippen LogP contribution in [0.15, 0.2) is 35.4 Å². The molecule has 1 N–H and O–H groups in total. The number of nitrogens with zero attached hydrogens (tertiary/aromatic N) is 3. The fraction of sp³-hybridized carbons (Fsp3) is 0.391. The summed E-state index contributed by atoms with van der Waals surface area (Å²) >= 11 is 1.32. The Morgan fingerprint density at radius 3 is 2.50 bits per heavy atom. The van der Waals surface area contributed by atoms with Crippen LogP contribution in [0.3, 0.4) is 0 Å². The van der Waals surface area contributed by atoms with Crippen LogP contribution in [-0.4, -0.2) is 41.9 Å². The van der Waals surface area contributed by atoms with Gasteiger partial charge in [-0.25, -0.2) is 13.4 Å². The summed E-state index contributed by atoms with van der Waals surface area (Å²) < 4.78 is 30.5. The molecule has 3 aromatic rings. The van der Waals surface area contributed by atoms with Gasteiger partial charge in [0.05, 0.1) is 17.1 Å². The lowest BCUT2D eigenvalue weighted by molar-refractivity contribution is 0.0728. The van der Waals surface area contributed by atoms with Crippen molar-refractivity contribution in [3.05, 3.63) is 52.2 Å².